The van der Waals surface area contributed by atoms with Crippen molar-refractivity contribution in [1.82, 2.24) is 5.32 Å². The van der Waals surface area contributed by atoms with Gasteiger partial charge in [0.1, 0.15) is 6.04 Å². The van der Waals surface area contributed by atoms with E-state index in [-0.39, 0.29) is 11.8 Å². The first-order valence-electron chi connectivity index (χ1n) is 5.37. The number of thioether (sulfide) groups is 1. The second kappa shape index (κ2) is 7.54. The number of ether oxygens (including phenoxy) is 1. The molecule has 0 fully saturated rings. The van der Waals surface area contributed by atoms with E-state index in [1.54, 1.807) is 11.8 Å². The van der Waals surface area contributed by atoms with Crippen LogP contribution in [0.4, 0.5) is 0 Å². The van der Waals surface area contributed by atoms with Crippen LogP contribution >= 0.6 is 11.8 Å². The van der Waals surface area contributed by atoms with Crippen LogP contribution in [0, 0.1) is 5.92 Å². The lowest BCUT2D eigenvalue weighted by Crippen LogP contribution is -2.45. The number of carbonyl (C=O) groups is 2. The molecule has 0 rings (SSSR count). The van der Waals surface area contributed by atoms with Crippen molar-refractivity contribution in [1.29, 1.82) is 0 Å². The Morgan fingerprint density at radius 2 is 1.81 bits per heavy atom. The molecule has 0 saturated carbocycles. The number of amides is 1. The molecular weight excluding hydrogens is 226 g/mol. The van der Waals surface area contributed by atoms with Crippen molar-refractivity contribution in [2.24, 2.45) is 5.92 Å². The third-order valence-electron chi connectivity index (χ3n) is 1.99. The Morgan fingerprint density at radius 3 is 2.19 bits per heavy atom. The Bertz CT molecular complexity index is 241. The van der Waals surface area contributed by atoms with Crippen LogP contribution in [0.1, 0.15) is 27.7 Å². The van der Waals surface area contributed by atoms with Gasteiger partial charge in [0.15, 0.2) is 0 Å². The Morgan fingerprint density at radius 1 is 1.25 bits per heavy atom. The summed E-state index contributed by atoms with van der Waals surface area (Å²) in [6, 6.07) is -0.551. The van der Waals surface area contributed by atoms with Crippen LogP contribution in [-0.2, 0) is 14.3 Å². The number of carbonyl (C=O) groups excluding carboxylic acids is 2. The van der Waals surface area contributed by atoms with Gasteiger partial charge in [-0.3, -0.25) is 4.79 Å². The predicted octanol–water partition coefficient (Wildman–Crippen LogP) is 1.44. The summed E-state index contributed by atoms with van der Waals surface area (Å²) in [5.41, 5.74) is 0. The number of hydrogen-bond donors (Lipinski definition) is 1. The van der Waals surface area contributed by atoms with Crippen molar-refractivity contribution < 1.29 is 14.3 Å². The van der Waals surface area contributed by atoms with Crippen LogP contribution in [-0.4, -0.2) is 36.0 Å². The fourth-order valence-corrected chi connectivity index (χ4v) is 1.65. The molecular formula is C11H21NO3S. The number of esters is 1. The third kappa shape index (κ3) is 6.00. The van der Waals surface area contributed by atoms with Gasteiger partial charge in [0.05, 0.1) is 12.9 Å². The summed E-state index contributed by atoms with van der Waals surface area (Å²) in [4.78, 5) is 22.9. The van der Waals surface area contributed by atoms with Gasteiger partial charge >= 0.3 is 5.97 Å². The first kappa shape index (κ1) is 15.3. The molecule has 1 atom stereocenters. The average molecular weight is 247 g/mol. The minimum absolute atomic E-state index is 0.0282. The average Bonchev–Trinajstić information content (AvgIpc) is 2.21. The number of hydrogen-bond acceptors (Lipinski definition) is 4. The van der Waals surface area contributed by atoms with Gasteiger partial charge < -0.3 is 10.1 Å². The highest BCUT2D eigenvalue weighted by Gasteiger charge is 2.24. The summed E-state index contributed by atoms with van der Waals surface area (Å²) < 4.78 is 4.64. The van der Waals surface area contributed by atoms with Crippen molar-refractivity contribution in [3.05, 3.63) is 0 Å². The van der Waals surface area contributed by atoms with Gasteiger partial charge in [-0.15, -0.1) is 11.8 Å². The van der Waals surface area contributed by atoms with E-state index in [0.717, 1.165) is 0 Å². The van der Waals surface area contributed by atoms with Crippen molar-refractivity contribution in [3.8, 4) is 0 Å². The summed E-state index contributed by atoms with van der Waals surface area (Å²) in [5.74, 6) is -0.112. The van der Waals surface area contributed by atoms with Crippen molar-refractivity contribution in [3.63, 3.8) is 0 Å². The maximum absolute atomic E-state index is 11.5. The van der Waals surface area contributed by atoms with Crippen LogP contribution < -0.4 is 5.32 Å². The molecule has 0 radical (unpaired) electrons. The quantitative estimate of drug-likeness (QED) is 0.722. The van der Waals surface area contributed by atoms with Gasteiger partial charge in [0.25, 0.3) is 0 Å². The predicted molar refractivity (Wildman–Crippen MR) is 66.4 cm³/mol. The van der Waals surface area contributed by atoms with Gasteiger partial charge in [-0.05, 0) is 11.2 Å². The van der Waals surface area contributed by atoms with E-state index in [9.17, 15) is 9.59 Å². The fraction of sp³-hybridized carbons (Fsp3) is 0.818. The Kier molecular flexibility index (Phi) is 7.21. The molecule has 1 unspecified atom stereocenters. The van der Waals surface area contributed by atoms with E-state index in [2.05, 4.69) is 10.1 Å². The molecule has 0 aromatic heterocycles. The lowest BCUT2D eigenvalue weighted by atomic mass is 10.1. The summed E-state index contributed by atoms with van der Waals surface area (Å²) in [6.07, 6.45) is 0. The van der Waals surface area contributed by atoms with Crippen LogP contribution in [0.2, 0.25) is 0 Å². The van der Waals surface area contributed by atoms with Gasteiger partial charge in [-0.1, -0.05) is 27.7 Å². The molecule has 1 N–H and O–H groups in total. The molecule has 94 valence electrons. The molecule has 4 nitrogen and oxygen atoms in total. The highest BCUT2D eigenvalue weighted by atomic mass is 32.2. The number of nitrogens with one attached hydrogen (secondary N) is 1. The molecule has 0 aliphatic heterocycles. The molecule has 0 aliphatic carbocycles. The maximum atomic E-state index is 11.5. The lowest BCUT2D eigenvalue weighted by Gasteiger charge is -2.19. The van der Waals surface area contributed by atoms with E-state index < -0.39 is 12.0 Å². The second-order valence-corrected chi connectivity index (χ2v) is 5.74. The highest BCUT2D eigenvalue weighted by molar-refractivity contribution is 8.00. The van der Waals surface area contributed by atoms with E-state index in [4.69, 9.17) is 0 Å². The fourth-order valence-electron chi connectivity index (χ4n) is 1.08. The SMILES string of the molecule is COC(=O)C(NC(=O)CSC(C)C)C(C)C. The van der Waals surface area contributed by atoms with Crippen LogP contribution in [0.3, 0.4) is 0 Å². The van der Waals surface area contributed by atoms with Crippen molar-refractivity contribution in [2.45, 2.75) is 39.0 Å². The first-order chi connectivity index (χ1) is 7.38. The van der Waals surface area contributed by atoms with Crippen molar-refractivity contribution >= 4 is 23.6 Å². The van der Waals surface area contributed by atoms with E-state index in [1.165, 1.54) is 7.11 Å². The zero-order chi connectivity index (χ0) is 12.7. The Hall–Kier alpha value is -0.710. The largest absolute Gasteiger partial charge is 0.467 e. The molecule has 0 saturated heterocycles. The monoisotopic (exact) mass is 247 g/mol. The third-order valence-corrected chi connectivity index (χ3v) is 3.08. The molecule has 0 aromatic rings. The molecule has 0 aromatic carbocycles. The molecule has 0 heterocycles. The topological polar surface area (TPSA) is 55.4 Å². The molecule has 16 heavy (non-hydrogen) atoms. The summed E-state index contributed by atoms with van der Waals surface area (Å²) in [5, 5.41) is 3.09. The van der Waals surface area contributed by atoms with Gasteiger partial charge in [0, 0.05) is 0 Å². The molecule has 0 spiro atoms. The summed E-state index contributed by atoms with van der Waals surface area (Å²) in [6.45, 7) is 7.80. The molecule has 5 heteroatoms. The van der Waals surface area contributed by atoms with Gasteiger partial charge in [-0.25, -0.2) is 4.79 Å². The lowest BCUT2D eigenvalue weighted by molar-refractivity contribution is -0.146. The minimum Gasteiger partial charge on any atom is -0.467 e. The van der Waals surface area contributed by atoms with E-state index in [1.807, 2.05) is 27.7 Å². The zero-order valence-corrected chi connectivity index (χ0v) is 11.4. The molecule has 0 bridgehead atoms. The van der Waals surface area contributed by atoms with Crippen molar-refractivity contribution in [2.75, 3.05) is 12.9 Å². The van der Waals surface area contributed by atoms with Crippen LogP contribution in [0.15, 0.2) is 0 Å². The smallest absolute Gasteiger partial charge is 0.328 e. The highest BCUT2D eigenvalue weighted by Crippen LogP contribution is 2.09. The minimum atomic E-state index is -0.551. The normalized spacial score (nSPS) is 12.7. The first-order valence-corrected chi connectivity index (χ1v) is 6.42. The van der Waals surface area contributed by atoms with Gasteiger partial charge in [0.2, 0.25) is 5.91 Å². The van der Waals surface area contributed by atoms with Crippen LogP contribution in [0.25, 0.3) is 0 Å². The molecule has 0 aliphatic rings. The summed E-state index contributed by atoms with van der Waals surface area (Å²) in [7, 11) is 1.33. The Balaban J connectivity index is 4.19. The number of rotatable bonds is 6. The summed E-state index contributed by atoms with van der Waals surface area (Å²) >= 11 is 1.55. The molecule has 1 amide bonds. The van der Waals surface area contributed by atoms with Crippen LogP contribution in [0.5, 0.6) is 0 Å². The Labute approximate surface area is 101 Å². The van der Waals surface area contributed by atoms with E-state index >= 15 is 0 Å². The van der Waals surface area contributed by atoms with Gasteiger partial charge in [-0.2, -0.15) is 0 Å². The second-order valence-electron chi connectivity index (χ2n) is 4.17. The number of methoxy groups -OCH3 is 1. The maximum Gasteiger partial charge on any atom is 0.328 e. The van der Waals surface area contributed by atoms with E-state index in [0.29, 0.717) is 11.0 Å². The standard InChI is InChI=1S/C11H21NO3S/c1-7(2)10(11(14)15-5)12-9(13)6-16-8(3)4/h7-8,10H,6H2,1-5H3,(H,12,13). The zero-order valence-electron chi connectivity index (χ0n) is 10.6.